The molecule has 0 heterocycles. The summed E-state index contributed by atoms with van der Waals surface area (Å²) in [6.07, 6.45) is 0. The van der Waals surface area contributed by atoms with E-state index in [4.69, 9.17) is 16.3 Å². The van der Waals surface area contributed by atoms with Crippen LogP contribution in [0.5, 0.6) is 5.75 Å². The zero-order valence-electron chi connectivity index (χ0n) is 16.8. The number of rotatable bonds is 9. The van der Waals surface area contributed by atoms with Crippen molar-refractivity contribution in [1.29, 1.82) is 0 Å². The molecule has 7 heteroatoms. The number of halogens is 2. The number of nitrogens with zero attached hydrogens (tertiary/aromatic N) is 1. The third-order valence-electron chi connectivity index (χ3n) is 4.27. The van der Waals surface area contributed by atoms with E-state index in [1.54, 1.807) is 19.1 Å². The van der Waals surface area contributed by atoms with Crippen LogP contribution in [0.15, 0.2) is 48.5 Å². The Morgan fingerprint density at radius 1 is 1.14 bits per heavy atom. The molecule has 29 heavy (non-hydrogen) atoms. The molecule has 0 bridgehead atoms. The number of carbonyl (C=O) groups excluding carboxylic acids is 2. The fourth-order valence-corrected chi connectivity index (χ4v) is 3.20. The summed E-state index contributed by atoms with van der Waals surface area (Å²) < 4.78 is 6.72. The Bertz CT molecular complexity index is 827. The minimum Gasteiger partial charge on any atom is -0.484 e. The number of nitrogens with one attached hydrogen (secondary N) is 1. The van der Waals surface area contributed by atoms with Gasteiger partial charge >= 0.3 is 0 Å². The van der Waals surface area contributed by atoms with Crippen molar-refractivity contribution in [2.24, 2.45) is 5.92 Å². The van der Waals surface area contributed by atoms with Crippen molar-refractivity contribution in [3.8, 4) is 5.75 Å². The molecule has 0 aromatic heterocycles. The lowest BCUT2D eigenvalue weighted by molar-refractivity contribution is -0.142. The van der Waals surface area contributed by atoms with Gasteiger partial charge in [-0.15, -0.1) is 0 Å². The van der Waals surface area contributed by atoms with Crippen LogP contribution in [0, 0.1) is 9.49 Å². The second-order valence-electron chi connectivity index (χ2n) is 7.21. The van der Waals surface area contributed by atoms with Crippen LogP contribution >= 0.6 is 34.2 Å². The van der Waals surface area contributed by atoms with Crippen molar-refractivity contribution in [3.63, 3.8) is 0 Å². The predicted molar refractivity (Wildman–Crippen MR) is 124 cm³/mol. The van der Waals surface area contributed by atoms with Crippen LogP contribution < -0.4 is 10.1 Å². The minimum atomic E-state index is -0.638. The molecule has 1 atom stereocenters. The second kappa shape index (κ2) is 11.4. The van der Waals surface area contributed by atoms with Crippen LogP contribution in [0.1, 0.15) is 26.3 Å². The maximum absolute atomic E-state index is 12.9. The SMILES string of the molecule is CC(C)CNC(=O)[C@H](C)N(Cc1cccc(Cl)c1)C(=O)COc1ccc(I)cc1. The largest absolute Gasteiger partial charge is 0.484 e. The van der Waals surface area contributed by atoms with Gasteiger partial charge in [-0.3, -0.25) is 9.59 Å². The van der Waals surface area contributed by atoms with Crippen LogP contribution in [0.2, 0.25) is 5.02 Å². The van der Waals surface area contributed by atoms with Crippen molar-refractivity contribution < 1.29 is 14.3 Å². The van der Waals surface area contributed by atoms with E-state index in [1.165, 1.54) is 4.90 Å². The highest BCUT2D eigenvalue weighted by molar-refractivity contribution is 14.1. The van der Waals surface area contributed by atoms with Crippen LogP contribution in [0.25, 0.3) is 0 Å². The summed E-state index contributed by atoms with van der Waals surface area (Å²) in [5, 5.41) is 3.48. The van der Waals surface area contributed by atoms with Crippen molar-refractivity contribution in [3.05, 3.63) is 62.7 Å². The summed E-state index contributed by atoms with van der Waals surface area (Å²) >= 11 is 8.29. The molecular formula is C22H26ClIN2O3. The average molecular weight is 529 g/mol. The smallest absolute Gasteiger partial charge is 0.261 e. The van der Waals surface area contributed by atoms with E-state index in [0.717, 1.165) is 9.13 Å². The highest BCUT2D eigenvalue weighted by Gasteiger charge is 2.26. The number of carbonyl (C=O) groups is 2. The van der Waals surface area contributed by atoms with Crippen LogP contribution in [0.4, 0.5) is 0 Å². The third-order valence-corrected chi connectivity index (χ3v) is 5.22. The Morgan fingerprint density at radius 2 is 1.83 bits per heavy atom. The Morgan fingerprint density at radius 3 is 2.45 bits per heavy atom. The molecule has 0 aliphatic heterocycles. The van der Waals surface area contributed by atoms with Crippen molar-refractivity contribution >= 4 is 46.0 Å². The monoisotopic (exact) mass is 528 g/mol. The fraction of sp³-hybridized carbons (Fsp3) is 0.364. The quantitative estimate of drug-likeness (QED) is 0.487. The molecule has 2 aromatic carbocycles. The van der Waals surface area contributed by atoms with E-state index >= 15 is 0 Å². The zero-order valence-corrected chi connectivity index (χ0v) is 19.7. The van der Waals surface area contributed by atoms with Gasteiger partial charge in [0.1, 0.15) is 11.8 Å². The van der Waals surface area contributed by atoms with Gasteiger partial charge in [0.2, 0.25) is 5.91 Å². The maximum atomic E-state index is 12.9. The average Bonchev–Trinajstić information content (AvgIpc) is 2.69. The summed E-state index contributed by atoms with van der Waals surface area (Å²) in [6.45, 7) is 6.45. The summed E-state index contributed by atoms with van der Waals surface area (Å²) in [5.41, 5.74) is 0.851. The van der Waals surface area contributed by atoms with Gasteiger partial charge < -0.3 is 15.0 Å². The molecule has 1 N–H and O–H groups in total. The number of ether oxygens (including phenoxy) is 1. The van der Waals surface area contributed by atoms with Crippen molar-refractivity contribution in [2.45, 2.75) is 33.4 Å². The number of amides is 2. The van der Waals surface area contributed by atoms with E-state index < -0.39 is 6.04 Å². The first-order valence-electron chi connectivity index (χ1n) is 9.46. The molecule has 156 valence electrons. The fourth-order valence-electron chi connectivity index (χ4n) is 2.63. The molecule has 0 saturated heterocycles. The summed E-state index contributed by atoms with van der Waals surface area (Å²) in [5.74, 6) is 0.477. The van der Waals surface area contributed by atoms with E-state index in [1.807, 2.05) is 50.2 Å². The first kappa shape index (κ1) is 23.5. The van der Waals surface area contributed by atoms with Gasteiger partial charge in [-0.1, -0.05) is 37.6 Å². The number of benzene rings is 2. The summed E-state index contributed by atoms with van der Waals surface area (Å²) in [7, 11) is 0. The number of hydrogen-bond donors (Lipinski definition) is 1. The molecule has 2 aromatic rings. The van der Waals surface area contributed by atoms with Gasteiger partial charge in [0.05, 0.1) is 0 Å². The van der Waals surface area contributed by atoms with Gasteiger partial charge in [-0.2, -0.15) is 0 Å². The molecular weight excluding hydrogens is 503 g/mol. The van der Waals surface area contributed by atoms with E-state index in [0.29, 0.717) is 23.2 Å². The minimum absolute atomic E-state index is 0.150. The van der Waals surface area contributed by atoms with Crippen molar-refractivity contribution in [2.75, 3.05) is 13.2 Å². The Kier molecular flexibility index (Phi) is 9.23. The zero-order chi connectivity index (χ0) is 21.4. The first-order valence-corrected chi connectivity index (χ1v) is 10.9. The molecule has 0 aliphatic carbocycles. The topological polar surface area (TPSA) is 58.6 Å². The van der Waals surface area contributed by atoms with Crippen molar-refractivity contribution in [1.82, 2.24) is 10.2 Å². The van der Waals surface area contributed by atoms with E-state index in [2.05, 4.69) is 27.9 Å². The molecule has 5 nitrogen and oxygen atoms in total. The second-order valence-corrected chi connectivity index (χ2v) is 8.89. The van der Waals surface area contributed by atoms with Gasteiger partial charge in [0.25, 0.3) is 5.91 Å². The molecule has 0 aliphatic rings. The van der Waals surface area contributed by atoms with Crippen LogP contribution in [0.3, 0.4) is 0 Å². The maximum Gasteiger partial charge on any atom is 0.261 e. The normalized spacial score (nSPS) is 11.8. The molecule has 0 saturated carbocycles. The van der Waals surface area contributed by atoms with E-state index in [-0.39, 0.29) is 25.0 Å². The van der Waals surface area contributed by atoms with Crippen LogP contribution in [-0.4, -0.2) is 35.9 Å². The van der Waals surface area contributed by atoms with Gasteiger partial charge in [0, 0.05) is 21.7 Å². The molecule has 2 amide bonds. The molecule has 0 unspecified atom stereocenters. The van der Waals surface area contributed by atoms with Gasteiger partial charge in [0.15, 0.2) is 6.61 Å². The predicted octanol–water partition coefficient (Wildman–Crippen LogP) is 4.51. The Balaban J connectivity index is 2.12. The highest BCUT2D eigenvalue weighted by Crippen LogP contribution is 2.17. The number of hydrogen-bond acceptors (Lipinski definition) is 3. The Labute approximate surface area is 190 Å². The highest BCUT2D eigenvalue weighted by atomic mass is 127. The Hall–Kier alpha value is -1.80. The lowest BCUT2D eigenvalue weighted by atomic mass is 10.1. The third kappa shape index (κ3) is 7.85. The molecule has 0 fully saturated rings. The van der Waals surface area contributed by atoms with Gasteiger partial charge in [-0.05, 0) is 77.4 Å². The van der Waals surface area contributed by atoms with Crippen LogP contribution in [-0.2, 0) is 16.1 Å². The standard InChI is InChI=1S/C22H26ClIN2O3/c1-15(2)12-25-22(28)16(3)26(13-17-5-4-6-18(23)11-17)21(27)14-29-20-9-7-19(24)8-10-20/h4-11,15-16H,12-14H2,1-3H3,(H,25,28)/t16-/m0/s1. The summed E-state index contributed by atoms with van der Waals surface area (Å²) in [6, 6.07) is 14.1. The molecule has 0 spiro atoms. The summed E-state index contributed by atoms with van der Waals surface area (Å²) in [4.78, 5) is 27.1. The lowest BCUT2D eigenvalue weighted by Gasteiger charge is -2.29. The first-order chi connectivity index (χ1) is 13.8. The van der Waals surface area contributed by atoms with Gasteiger partial charge in [-0.25, -0.2) is 0 Å². The molecule has 0 radical (unpaired) electrons. The van der Waals surface area contributed by atoms with E-state index in [9.17, 15) is 9.59 Å². The molecule has 2 rings (SSSR count). The lowest BCUT2D eigenvalue weighted by Crippen LogP contribution is -2.49.